The number of aromatic nitrogens is 3. The maximum atomic E-state index is 14.0. The number of nitrogens with two attached hydrogens (primary N) is 1. The van der Waals surface area contributed by atoms with Crippen molar-refractivity contribution in [3.63, 3.8) is 0 Å². The zero-order valence-corrected chi connectivity index (χ0v) is 14.3. The molecule has 5 nitrogen and oxygen atoms in total. The first-order valence-electron chi connectivity index (χ1n) is 8.90. The molecule has 2 bridgehead atoms. The molecule has 144 valence electrons. The van der Waals surface area contributed by atoms with Crippen molar-refractivity contribution in [2.75, 3.05) is 5.73 Å². The van der Waals surface area contributed by atoms with Crippen LogP contribution in [-0.2, 0) is 11.7 Å². The lowest BCUT2D eigenvalue weighted by molar-refractivity contribution is -0.200. The number of nitrogen functional groups attached to an aromatic ring is 1. The number of imidazole rings is 1. The van der Waals surface area contributed by atoms with Crippen LogP contribution in [0.3, 0.4) is 0 Å². The number of halogens is 4. The summed E-state index contributed by atoms with van der Waals surface area (Å²) in [5.74, 6) is -0.0942. The van der Waals surface area contributed by atoms with Crippen LogP contribution in [0.15, 0.2) is 18.5 Å². The van der Waals surface area contributed by atoms with Crippen LogP contribution in [0.2, 0.25) is 0 Å². The van der Waals surface area contributed by atoms with E-state index in [2.05, 4.69) is 9.97 Å². The number of alkyl halides is 4. The molecule has 4 saturated carbocycles. The van der Waals surface area contributed by atoms with Crippen molar-refractivity contribution < 1.29 is 22.7 Å². The molecule has 2 heterocycles. The highest BCUT2D eigenvalue weighted by Gasteiger charge is 2.71. The Balaban J connectivity index is 1.58. The lowest BCUT2D eigenvalue weighted by atomic mass is 9.47. The molecule has 4 fully saturated rings. The Morgan fingerprint density at radius 3 is 2.48 bits per heavy atom. The van der Waals surface area contributed by atoms with Gasteiger partial charge in [-0.3, -0.25) is 0 Å². The molecule has 6 rings (SSSR count). The van der Waals surface area contributed by atoms with Gasteiger partial charge in [0.1, 0.15) is 23.4 Å². The van der Waals surface area contributed by atoms with E-state index in [0.717, 1.165) is 18.9 Å². The first-order chi connectivity index (χ1) is 12.6. The predicted molar refractivity (Wildman–Crippen MR) is 88.2 cm³/mol. The van der Waals surface area contributed by atoms with Gasteiger partial charge < -0.3 is 15.4 Å². The lowest BCUT2D eigenvalue weighted by Crippen LogP contribution is -2.70. The zero-order chi connectivity index (χ0) is 19.2. The number of rotatable bonds is 4. The van der Waals surface area contributed by atoms with Crippen molar-refractivity contribution in [2.24, 2.45) is 5.92 Å². The van der Waals surface area contributed by atoms with Crippen molar-refractivity contribution in [1.29, 1.82) is 0 Å². The molecule has 9 heteroatoms. The summed E-state index contributed by atoms with van der Waals surface area (Å²) in [5.41, 5.74) is 3.23. The second kappa shape index (κ2) is 5.01. The van der Waals surface area contributed by atoms with E-state index in [9.17, 15) is 22.7 Å². The maximum absolute atomic E-state index is 14.0. The van der Waals surface area contributed by atoms with E-state index >= 15 is 0 Å². The number of hydrogen-bond acceptors (Lipinski definition) is 4. The van der Waals surface area contributed by atoms with Gasteiger partial charge in [0.25, 0.3) is 0 Å². The monoisotopic (exact) mass is 382 g/mol. The SMILES string of the molecule is Nc1ncc(-c2cn(C34CC(F)(C3)C4)c([C@H](O)C3CC3)n2)cc1C(F)(F)F. The topological polar surface area (TPSA) is 77.0 Å². The third kappa shape index (κ3) is 2.47. The average Bonchev–Trinajstić information content (AvgIpc) is 3.29. The summed E-state index contributed by atoms with van der Waals surface area (Å²) < 4.78 is 55.2. The zero-order valence-electron chi connectivity index (χ0n) is 14.3. The first-order valence-corrected chi connectivity index (χ1v) is 8.90. The molecule has 0 unspecified atom stereocenters. The highest BCUT2D eigenvalue weighted by Crippen LogP contribution is 2.68. The Morgan fingerprint density at radius 1 is 1.26 bits per heavy atom. The van der Waals surface area contributed by atoms with Crippen LogP contribution < -0.4 is 5.73 Å². The largest absolute Gasteiger partial charge is 0.419 e. The molecule has 2 aromatic heterocycles. The molecule has 4 aliphatic rings. The molecule has 27 heavy (non-hydrogen) atoms. The summed E-state index contributed by atoms with van der Waals surface area (Å²) in [6.45, 7) is 0. The van der Waals surface area contributed by atoms with Crippen LogP contribution in [0.25, 0.3) is 11.3 Å². The van der Waals surface area contributed by atoms with E-state index in [1.807, 2.05) is 0 Å². The summed E-state index contributed by atoms with van der Waals surface area (Å²) in [4.78, 5) is 8.09. The van der Waals surface area contributed by atoms with Gasteiger partial charge in [0.05, 0.1) is 16.8 Å². The minimum absolute atomic E-state index is 0.0981. The van der Waals surface area contributed by atoms with E-state index in [1.54, 1.807) is 10.8 Å². The average molecular weight is 382 g/mol. The lowest BCUT2D eigenvalue weighted by Gasteiger charge is -2.66. The maximum Gasteiger partial charge on any atom is 0.419 e. The number of aliphatic hydroxyl groups excluding tert-OH is 1. The van der Waals surface area contributed by atoms with Gasteiger partial charge in [0.15, 0.2) is 0 Å². The van der Waals surface area contributed by atoms with Gasteiger partial charge in [-0.2, -0.15) is 13.2 Å². The number of hydrogen-bond donors (Lipinski definition) is 2. The van der Waals surface area contributed by atoms with E-state index in [0.29, 0.717) is 25.1 Å². The summed E-state index contributed by atoms with van der Waals surface area (Å²) in [6, 6.07) is 0.918. The molecule has 3 N–H and O–H groups in total. The van der Waals surface area contributed by atoms with Crippen LogP contribution in [0.1, 0.15) is 49.6 Å². The Morgan fingerprint density at radius 2 is 1.93 bits per heavy atom. The van der Waals surface area contributed by atoms with Crippen LogP contribution in [-0.4, -0.2) is 25.3 Å². The number of nitrogens with zero attached hydrogens (tertiary/aromatic N) is 3. The quantitative estimate of drug-likeness (QED) is 0.793. The Kier molecular flexibility index (Phi) is 3.15. The molecule has 2 aromatic rings. The molecule has 0 aromatic carbocycles. The third-order valence-corrected chi connectivity index (χ3v) is 6.03. The second-order valence-electron chi connectivity index (χ2n) is 8.20. The van der Waals surface area contributed by atoms with Gasteiger partial charge in [0.2, 0.25) is 0 Å². The molecule has 0 radical (unpaired) electrons. The summed E-state index contributed by atoms with van der Waals surface area (Å²) in [5, 5.41) is 10.6. The van der Waals surface area contributed by atoms with E-state index < -0.39 is 34.9 Å². The molecular weight excluding hydrogens is 364 g/mol. The molecule has 0 amide bonds. The van der Waals surface area contributed by atoms with Gasteiger partial charge in [-0.25, -0.2) is 14.4 Å². The molecule has 1 atom stereocenters. The molecule has 0 spiro atoms. The van der Waals surface area contributed by atoms with Crippen molar-refractivity contribution >= 4 is 5.82 Å². The minimum Gasteiger partial charge on any atom is -0.385 e. The summed E-state index contributed by atoms with van der Waals surface area (Å²) in [6.07, 6.45) is 0.259. The van der Waals surface area contributed by atoms with Crippen molar-refractivity contribution in [1.82, 2.24) is 14.5 Å². The molecule has 0 saturated heterocycles. The number of anilines is 1. The Labute approximate surface area is 152 Å². The number of pyridine rings is 1. The van der Waals surface area contributed by atoms with Crippen LogP contribution in [0, 0.1) is 5.92 Å². The standard InChI is InChI=1S/C18H18F4N4O/c19-16-6-17(7-16,8-16)26-5-12(25-15(26)13(27)9-1-2-9)10-3-11(18(20,21)22)14(23)24-4-10/h3-5,9,13,27H,1-2,6-8H2,(H2,23,24)/t13-,16?,17?/m1/s1. The first kappa shape index (κ1) is 17.0. The van der Waals surface area contributed by atoms with Crippen molar-refractivity contribution in [3.8, 4) is 11.3 Å². The van der Waals surface area contributed by atoms with Crippen LogP contribution in [0.4, 0.5) is 23.4 Å². The van der Waals surface area contributed by atoms with Crippen molar-refractivity contribution in [3.05, 3.63) is 29.8 Å². The van der Waals surface area contributed by atoms with Gasteiger partial charge in [-0.15, -0.1) is 0 Å². The molecular formula is C18H18F4N4O. The second-order valence-corrected chi connectivity index (χ2v) is 8.20. The Bertz CT molecular complexity index is 914. The normalized spacial score (nSPS) is 30.6. The Hall–Kier alpha value is -2.16. The highest BCUT2D eigenvalue weighted by molar-refractivity contribution is 5.62. The number of aliphatic hydroxyl groups is 1. The van der Waals surface area contributed by atoms with Crippen LogP contribution in [0.5, 0.6) is 0 Å². The predicted octanol–water partition coefficient (Wildman–Crippen LogP) is 3.59. The highest BCUT2D eigenvalue weighted by atomic mass is 19.4. The van der Waals surface area contributed by atoms with Crippen molar-refractivity contribution in [2.45, 2.75) is 55.6 Å². The third-order valence-electron chi connectivity index (χ3n) is 6.03. The van der Waals surface area contributed by atoms with Gasteiger partial charge in [-0.1, -0.05) is 0 Å². The van der Waals surface area contributed by atoms with E-state index in [1.165, 1.54) is 6.20 Å². The minimum atomic E-state index is -4.62. The molecule has 4 aliphatic carbocycles. The molecule has 0 aliphatic heterocycles. The van der Waals surface area contributed by atoms with Gasteiger partial charge >= 0.3 is 6.18 Å². The van der Waals surface area contributed by atoms with Crippen LogP contribution >= 0.6 is 0 Å². The fourth-order valence-corrected chi connectivity index (χ4v) is 4.46. The van der Waals surface area contributed by atoms with Gasteiger partial charge in [-0.05, 0) is 24.8 Å². The van der Waals surface area contributed by atoms with Gasteiger partial charge in [0, 0.05) is 37.2 Å². The smallest absolute Gasteiger partial charge is 0.385 e. The summed E-state index contributed by atoms with van der Waals surface area (Å²) >= 11 is 0. The van der Waals surface area contributed by atoms with E-state index in [-0.39, 0.29) is 17.2 Å². The fraction of sp³-hybridized carbons (Fsp3) is 0.556. The van der Waals surface area contributed by atoms with E-state index in [4.69, 9.17) is 5.73 Å². The fourth-order valence-electron chi connectivity index (χ4n) is 4.46. The summed E-state index contributed by atoms with van der Waals surface area (Å²) in [7, 11) is 0.